The zero-order chi connectivity index (χ0) is 19.7. The summed E-state index contributed by atoms with van der Waals surface area (Å²) in [6.45, 7) is -1.12. The molecule has 4 aromatic rings. The van der Waals surface area contributed by atoms with E-state index in [0.29, 0.717) is 10.8 Å². The Morgan fingerprint density at radius 3 is 2.68 bits per heavy atom. The van der Waals surface area contributed by atoms with Crippen molar-refractivity contribution in [1.82, 2.24) is 14.6 Å². The summed E-state index contributed by atoms with van der Waals surface area (Å²) in [6, 6.07) is 13.7. The molecule has 10 heteroatoms. The predicted molar refractivity (Wildman–Crippen MR) is 105 cm³/mol. The number of amides is 1. The monoisotopic (exact) mass is 420 g/mol. The average Bonchev–Trinajstić information content (AvgIpc) is 3.22. The molecule has 0 aliphatic rings. The Labute approximate surface area is 166 Å². The number of hydrogen-bond donors (Lipinski definition) is 1. The fraction of sp³-hybridized carbons (Fsp3) is 0.167. The third-order valence-electron chi connectivity index (χ3n) is 3.91. The molecular formula is C18H14F2N4O2S2. The second kappa shape index (κ2) is 7.72. The van der Waals surface area contributed by atoms with Crippen LogP contribution in [0.1, 0.15) is 6.92 Å². The second-order valence-corrected chi connectivity index (χ2v) is 8.14. The minimum Gasteiger partial charge on any atom is -0.435 e. The van der Waals surface area contributed by atoms with Gasteiger partial charge in [0.15, 0.2) is 5.16 Å². The molecule has 1 unspecified atom stereocenters. The predicted octanol–water partition coefficient (Wildman–Crippen LogP) is 4.66. The minimum absolute atomic E-state index is 0.0330. The molecular weight excluding hydrogens is 406 g/mol. The topological polar surface area (TPSA) is 68.5 Å². The zero-order valence-electron chi connectivity index (χ0n) is 14.5. The Hall–Kier alpha value is -2.72. The molecule has 2 aromatic heterocycles. The molecule has 0 radical (unpaired) electrons. The van der Waals surface area contributed by atoms with Crippen molar-refractivity contribution in [2.75, 3.05) is 5.32 Å². The van der Waals surface area contributed by atoms with Crippen LogP contribution in [0.4, 0.5) is 14.5 Å². The number of rotatable bonds is 6. The number of halogens is 2. The lowest BCUT2D eigenvalue weighted by Crippen LogP contribution is -2.22. The molecule has 0 saturated carbocycles. The molecule has 0 saturated heterocycles. The van der Waals surface area contributed by atoms with Crippen molar-refractivity contribution in [3.05, 3.63) is 48.5 Å². The van der Waals surface area contributed by atoms with Gasteiger partial charge in [-0.2, -0.15) is 8.78 Å². The lowest BCUT2D eigenvalue weighted by molar-refractivity contribution is -0.115. The van der Waals surface area contributed by atoms with Crippen molar-refractivity contribution in [2.45, 2.75) is 23.9 Å². The van der Waals surface area contributed by atoms with Gasteiger partial charge in [0.05, 0.1) is 15.5 Å². The van der Waals surface area contributed by atoms with Gasteiger partial charge in [-0.3, -0.25) is 9.20 Å². The largest absolute Gasteiger partial charge is 0.435 e. The third kappa shape index (κ3) is 3.78. The Bertz CT molecular complexity index is 1130. The first-order valence-corrected chi connectivity index (χ1v) is 9.96. The number of alkyl halides is 2. The highest BCUT2D eigenvalue weighted by atomic mass is 32.2. The molecule has 0 aliphatic carbocycles. The molecule has 2 heterocycles. The van der Waals surface area contributed by atoms with E-state index >= 15 is 0 Å². The van der Waals surface area contributed by atoms with Crippen molar-refractivity contribution in [3.63, 3.8) is 0 Å². The number of fused-ring (bicyclic) bond motifs is 3. The van der Waals surface area contributed by atoms with Gasteiger partial charge in [0, 0.05) is 5.69 Å². The Kier molecular flexibility index (Phi) is 5.14. The lowest BCUT2D eigenvalue weighted by atomic mass is 10.3. The highest BCUT2D eigenvalue weighted by Crippen LogP contribution is 2.31. The SMILES string of the molecule is CC(Sc1nnc2sc3ccccc3n12)C(=O)Nc1ccc(OC(F)F)cc1. The summed E-state index contributed by atoms with van der Waals surface area (Å²) in [5.41, 5.74) is 1.49. The highest BCUT2D eigenvalue weighted by molar-refractivity contribution is 8.00. The summed E-state index contributed by atoms with van der Waals surface area (Å²) >= 11 is 2.83. The number of thiazole rings is 1. The standard InChI is InChI=1S/C18H14F2N4O2S2/c1-10(15(25)21-11-6-8-12(9-7-11)26-16(19)20)27-17-22-23-18-24(17)13-4-2-3-5-14(13)28-18/h2-10,16H,1H3,(H,21,25). The molecule has 28 heavy (non-hydrogen) atoms. The van der Waals surface area contributed by atoms with E-state index in [9.17, 15) is 13.6 Å². The fourth-order valence-electron chi connectivity index (χ4n) is 2.61. The number of thioether (sulfide) groups is 1. The smallest absolute Gasteiger partial charge is 0.387 e. The van der Waals surface area contributed by atoms with Crippen LogP contribution in [0.5, 0.6) is 5.75 Å². The maximum atomic E-state index is 12.5. The van der Waals surface area contributed by atoms with Crippen LogP contribution in [0, 0.1) is 0 Å². The van der Waals surface area contributed by atoms with E-state index < -0.39 is 11.9 Å². The van der Waals surface area contributed by atoms with Crippen LogP contribution >= 0.6 is 23.1 Å². The van der Waals surface area contributed by atoms with Gasteiger partial charge in [-0.1, -0.05) is 35.2 Å². The number of anilines is 1. The number of nitrogens with one attached hydrogen (secondary N) is 1. The quantitative estimate of drug-likeness (QED) is 0.459. The van der Waals surface area contributed by atoms with Gasteiger partial charge in [0.25, 0.3) is 0 Å². The maximum Gasteiger partial charge on any atom is 0.387 e. The van der Waals surface area contributed by atoms with E-state index in [0.717, 1.165) is 15.2 Å². The lowest BCUT2D eigenvalue weighted by Gasteiger charge is -2.11. The minimum atomic E-state index is -2.88. The van der Waals surface area contributed by atoms with E-state index in [2.05, 4.69) is 20.3 Å². The van der Waals surface area contributed by atoms with E-state index in [1.807, 2.05) is 28.7 Å². The van der Waals surface area contributed by atoms with Crippen molar-refractivity contribution in [1.29, 1.82) is 0 Å². The van der Waals surface area contributed by atoms with Crippen LogP contribution < -0.4 is 10.1 Å². The van der Waals surface area contributed by atoms with Crippen LogP contribution in [0.2, 0.25) is 0 Å². The zero-order valence-corrected chi connectivity index (χ0v) is 16.1. The van der Waals surface area contributed by atoms with Gasteiger partial charge in [-0.25, -0.2) is 0 Å². The van der Waals surface area contributed by atoms with Gasteiger partial charge < -0.3 is 10.1 Å². The van der Waals surface area contributed by atoms with E-state index in [4.69, 9.17) is 0 Å². The van der Waals surface area contributed by atoms with E-state index in [1.165, 1.54) is 47.4 Å². The van der Waals surface area contributed by atoms with Crippen LogP contribution in [0.15, 0.2) is 53.7 Å². The van der Waals surface area contributed by atoms with E-state index in [1.54, 1.807) is 6.92 Å². The number of hydrogen-bond acceptors (Lipinski definition) is 6. The normalized spacial score (nSPS) is 12.6. The summed E-state index contributed by atoms with van der Waals surface area (Å²) in [7, 11) is 0. The summed E-state index contributed by atoms with van der Waals surface area (Å²) in [6.07, 6.45) is 0. The van der Waals surface area contributed by atoms with Crippen LogP contribution in [-0.2, 0) is 4.79 Å². The number of nitrogens with zero attached hydrogens (tertiary/aromatic N) is 3. The Morgan fingerprint density at radius 1 is 1.18 bits per heavy atom. The summed E-state index contributed by atoms with van der Waals surface area (Å²) < 4.78 is 31.7. The first-order chi connectivity index (χ1) is 13.5. The van der Waals surface area contributed by atoms with Crippen LogP contribution in [0.25, 0.3) is 15.2 Å². The summed E-state index contributed by atoms with van der Waals surface area (Å²) in [4.78, 5) is 13.3. The molecule has 2 aromatic carbocycles. The summed E-state index contributed by atoms with van der Waals surface area (Å²) in [5, 5.41) is 11.3. The van der Waals surface area contributed by atoms with Crippen LogP contribution in [-0.4, -0.2) is 32.4 Å². The third-order valence-corrected chi connectivity index (χ3v) is 5.96. The molecule has 0 fully saturated rings. The van der Waals surface area contributed by atoms with Gasteiger partial charge in [0.2, 0.25) is 10.9 Å². The molecule has 0 spiro atoms. The second-order valence-electron chi connectivity index (χ2n) is 5.82. The Morgan fingerprint density at radius 2 is 1.93 bits per heavy atom. The van der Waals surface area contributed by atoms with Crippen molar-refractivity contribution >= 4 is 49.9 Å². The van der Waals surface area contributed by atoms with Crippen molar-refractivity contribution in [3.8, 4) is 5.75 Å². The molecule has 6 nitrogen and oxygen atoms in total. The molecule has 0 bridgehead atoms. The summed E-state index contributed by atoms with van der Waals surface area (Å²) in [5.74, 6) is -0.200. The molecule has 1 N–H and O–H groups in total. The van der Waals surface area contributed by atoms with Gasteiger partial charge >= 0.3 is 6.61 Å². The van der Waals surface area contributed by atoms with Gasteiger partial charge in [-0.15, -0.1) is 10.2 Å². The first-order valence-electron chi connectivity index (χ1n) is 8.26. The van der Waals surface area contributed by atoms with E-state index in [-0.39, 0.29) is 11.7 Å². The number of carbonyl (C=O) groups is 1. The number of ether oxygens (including phenoxy) is 1. The number of aromatic nitrogens is 3. The average molecular weight is 420 g/mol. The molecule has 1 atom stereocenters. The molecule has 144 valence electrons. The molecule has 4 rings (SSSR count). The van der Waals surface area contributed by atoms with Gasteiger partial charge in [0.1, 0.15) is 5.75 Å². The molecule has 1 amide bonds. The highest BCUT2D eigenvalue weighted by Gasteiger charge is 2.20. The molecule has 0 aliphatic heterocycles. The van der Waals surface area contributed by atoms with Crippen molar-refractivity contribution < 1.29 is 18.3 Å². The fourth-order valence-corrected chi connectivity index (χ4v) is 4.49. The number of para-hydroxylation sites is 1. The Balaban J connectivity index is 1.47. The number of carbonyl (C=O) groups excluding carboxylic acids is 1. The van der Waals surface area contributed by atoms with Crippen LogP contribution in [0.3, 0.4) is 0 Å². The first kappa shape index (κ1) is 18.6. The van der Waals surface area contributed by atoms with Gasteiger partial charge in [-0.05, 0) is 43.3 Å². The van der Waals surface area contributed by atoms with Crippen molar-refractivity contribution in [2.24, 2.45) is 0 Å². The maximum absolute atomic E-state index is 12.5. The number of benzene rings is 2.